The lowest BCUT2D eigenvalue weighted by Crippen LogP contribution is -2.25. The molecule has 0 bridgehead atoms. The molecule has 0 aliphatic carbocycles. The first-order valence-corrected chi connectivity index (χ1v) is 12.3. The zero-order valence-electron chi connectivity index (χ0n) is 22.5. The number of alkyl halides is 3. The molecular weight excluding hydrogens is 535 g/mol. The standard InChI is InChI=1S/C24H31N5O4.C2HF3O2/c1-5-29(6-2)15-7-14-25-24-28-27-23(33-24)20-13-10-18(16-21(20)32-4)26-22(30)17-8-11-19(31-3)12-9-17;3-2(4,5)1(6)7/h8-13,16H,5-7,14-15H2,1-4H3,(H,25,28)(H,26,30);(H,6,7). The number of hydrogen-bond acceptors (Lipinski definition) is 9. The molecule has 0 radical (unpaired) electrons. The number of carbonyl (C=O) groups excluding carboxylic acids is 1. The minimum Gasteiger partial charge on any atom is -0.497 e. The van der Waals surface area contributed by atoms with Crippen molar-refractivity contribution in [1.82, 2.24) is 15.1 Å². The highest BCUT2D eigenvalue weighted by Crippen LogP contribution is 2.32. The van der Waals surface area contributed by atoms with Crippen molar-refractivity contribution in [3.63, 3.8) is 0 Å². The van der Waals surface area contributed by atoms with E-state index in [4.69, 9.17) is 23.8 Å². The molecule has 0 aliphatic heterocycles. The Morgan fingerprint density at radius 2 is 1.68 bits per heavy atom. The lowest BCUT2D eigenvalue weighted by molar-refractivity contribution is -0.192. The van der Waals surface area contributed by atoms with Crippen LogP contribution in [-0.2, 0) is 4.79 Å². The van der Waals surface area contributed by atoms with Crippen molar-refractivity contribution in [2.24, 2.45) is 0 Å². The predicted octanol–water partition coefficient (Wildman–Crippen LogP) is 4.78. The minimum absolute atomic E-state index is 0.235. The summed E-state index contributed by atoms with van der Waals surface area (Å²) < 4.78 is 48.1. The van der Waals surface area contributed by atoms with Crippen LogP contribution in [0.2, 0.25) is 0 Å². The van der Waals surface area contributed by atoms with E-state index in [1.807, 2.05) is 0 Å². The zero-order valence-corrected chi connectivity index (χ0v) is 22.5. The molecule has 1 aromatic heterocycles. The van der Waals surface area contributed by atoms with Crippen LogP contribution in [0, 0.1) is 0 Å². The average molecular weight is 568 g/mol. The number of nitrogens with one attached hydrogen (secondary N) is 2. The number of halogens is 3. The van der Waals surface area contributed by atoms with Crippen LogP contribution in [0.1, 0.15) is 30.6 Å². The first kappa shape index (κ1) is 31.9. The van der Waals surface area contributed by atoms with E-state index in [0.717, 1.165) is 32.6 Å². The number of hydrogen-bond donors (Lipinski definition) is 3. The second-order valence-corrected chi connectivity index (χ2v) is 8.12. The van der Waals surface area contributed by atoms with Gasteiger partial charge in [-0.1, -0.05) is 18.9 Å². The molecule has 0 aliphatic rings. The van der Waals surface area contributed by atoms with Gasteiger partial charge < -0.3 is 34.5 Å². The maximum Gasteiger partial charge on any atom is 0.490 e. The van der Waals surface area contributed by atoms with Crippen LogP contribution in [0.4, 0.5) is 24.9 Å². The number of rotatable bonds is 12. The van der Waals surface area contributed by atoms with Crippen LogP contribution < -0.4 is 20.1 Å². The summed E-state index contributed by atoms with van der Waals surface area (Å²) in [6.45, 7) is 8.15. The number of carbonyl (C=O) groups is 2. The number of aromatic nitrogens is 2. The third-order valence-corrected chi connectivity index (χ3v) is 5.53. The Hall–Kier alpha value is -4.33. The quantitative estimate of drug-likeness (QED) is 0.262. The largest absolute Gasteiger partial charge is 0.497 e. The summed E-state index contributed by atoms with van der Waals surface area (Å²) in [7, 11) is 3.13. The molecule has 218 valence electrons. The lowest BCUT2D eigenvalue weighted by atomic mass is 10.1. The maximum absolute atomic E-state index is 12.5. The van der Waals surface area contributed by atoms with Crippen molar-refractivity contribution < 1.29 is 41.8 Å². The van der Waals surface area contributed by atoms with Gasteiger partial charge in [-0.05, 0) is 62.5 Å². The summed E-state index contributed by atoms with van der Waals surface area (Å²) in [6.07, 6.45) is -4.11. The topological polar surface area (TPSA) is 139 Å². The van der Waals surface area contributed by atoms with Gasteiger partial charge in [0.15, 0.2) is 0 Å². The van der Waals surface area contributed by atoms with E-state index in [2.05, 4.69) is 39.6 Å². The Labute approximate surface area is 229 Å². The zero-order chi connectivity index (χ0) is 29.7. The van der Waals surface area contributed by atoms with Gasteiger partial charge in [-0.3, -0.25) is 4.79 Å². The highest BCUT2D eigenvalue weighted by molar-refractivity contribution is 6.04. The smallest absolute Gasteiger partial charge is 0.490 e. The highest BCUT2D eigenvalue weighted by Gasteiger charge is 2.38. The Kier molecular flexibility index (Phi) is 12.2. The molecule has 1 heterocycles. The van der Waals surface area contributed by atoms with E-state index in [9.17, 15) is 18.0 Å². The van der Waals surface area contributed by atoms with Gasteiger partial charge in [-0.2, -0.15) is 13.2 Å². The molecular formula is C26H32F3N5O6. The summed E-state index contributed by atoms with van der Waals surface area (Å²) in [4.78, 5) is 23.8. The molecule has 3 aromatic rings. The number of amides is 1. The van der Waals surface area contributed by atoms with E-state index in [1.165, 1.54) is 0 Å². The van der Waals surface area contributed by atoms with E-state index in [-0.39, 0.29) is 5.91 Å². The van der Waals surface area contributed by atoms with Crippen LogP contribution in [0.15, 0.2) is 46.9 Å². The number of carboxylic acids is 1. The summed E-state index contributed by atoms with van der Waals surface area (Å²) in [5.41, 5.74) is 1.75. The lowest BCUT2D eigenvalue weighted by Gasteiger charge is -2.17. The first-order valence-electron chi connectivity index (χ1n) is 12.3. The van der Waals surface area contributed by atoms with E-state index < -0.39 is 12.1 Å². The van der Waals surface area contributed by atoms with Crippen molar-refractivity contribution in [1.29, 1.82) is 0 Å². The van der Waals surface area contributed by atoms with Gasteiger partial charge in [0, 0.05) is 23.9 Å². The fraction of sp³-hybridized carbons (Fsp3) is 0.385. The number of benzene rings is 2. The van der Waals surface area contributed by atoms with Crippen molar-refractivity contribution >= 4 is 23.6 Å². The van der Waals surface area contributed by atoms with Gasteiger partial charge in [0.2, 0.25) is 0 Å². The fourth-order valence-corrected chi connectivity index (χ4v) is 3.33. The third kappa shape index (κ3) is 9.76. The normalized spacial score (nSPS) is 10.9. The number of methoxy groups -OCH3 is 2. The number of aliphatic carboxylic acids is 1. The van der Waals surface area contributed by atoms with Gasteiger partial charge in [-0.15, -0.1) is 5.10 Å². The second kappa shape index (κ2) is 15.3. The van der Waals surface area contributed by atoms with Gasteiger partial charge in [0.05, 0.1) is 19.8 Å². The number of ether oxygens (including phenoxy) is 2. The first-order chi connectivity index (χ1) is 19.0. The molecule has 14 heteroatoms. The van der Waals surface area contributed by atoms with Crippen LogP contribution in [0.5, 0.6) is 11.5 Å². The van der Waals surface area contributed by atoms with Crippen molar-refractivity contribution in [2.45, 2.75) is 26.4 Å². The predicted molar refractivity (Wildman–Crippen MR) is 142 cm³/mol. The molecule has 3 rings (SSSR count). The maximum atomic E-state index is 12.5. The molecule has 1 amide bonds. The monoisotopic (exact) mass is 567 g/mol. The molecule has 11 nitrogen and oxygen atoms in total. The van der Waals surface area contributed by atoms with Gasteiger partial charge >= 0.3 is 18.2 Å². The van der Waals surface area contributed by atoms with Crippen LogP contribution in [-0.4, -0.2) is 78.7 Å². The molecule has 0 fully saturated rings. The van der Waals surface area contributed by atoms with E-state index in [0.29, 0.717) is 40.2 Å². The van der Waals surface area contributed by atoms with Crippen molar-refractivity contribution in [3.8, 4) is 23.0 Å². The molecule has 2 aromatic carbocycles. The highest BCUT2D eigenvalue weighted by atomic mass is 19.4. The molecule has 40 heavy (non-hydrogen) atoms. The summed E-state index contributed by atoms with van der Waals surface area (Å²) in [5, 5.41) is 21.4. The van der Waals surface area contributed by atoms with E-state index in [1.54, 1.807) is 56.7 Å². The molecule has 0 saturated carbocycles. The van der Waals surface area contributed by atoms with Gasteiger partial charge in [0.1, 0.15) is 11.5 Å². The van der Waals surface area contributed by atoms with Crippen LogP contribution in [0.25, 0.3) is 11.5 Å². The second-order valence-electron chi connectivity index (χ2n) is 8.12. The summed E-state index contributed by atoms with van der Waals surface area (Å²) in [5.74, 6) is -1.45. The van der Waals surface area contributed by atoms with Gasteiger partial charge in [-0.25, -0.2) is 4.79 Å². The molecule has 0 saturated heterocycles. The van der Waals surface area contributed by atoms with Crippen LogP contribution in [0.3, 0.4) is 0 Å². The molecule has 0 spiro atoms. The fourth-order valence-electron chi connectivity index (χ4n) is 3.33. The summed E-state index contributed by atoms with van der Waals surface area (Å²) >= 11 is 0. The minimum atomic E-state index is -5.08. The number of carboxylic acid groups (broad SMARTS) is 1. The number of anilines is 2. The SMILES string of the molecule is CCN(CC)CCCNc1nnc(-c2ccc(NC(=O)c3ccc(OC)cc3)cc2OC)o1.O=C(O)C(F)(F)F. The van der Waals surface area contributed by atoms with E-state index >= 15 is 0 Å². The Bertz CT molecular complexity index is 1230. The number of nitrogens with zero attached hydrogens (tertiary/aromatic N) is 3. The van der Waals surface area contributed by atoms with Crippen molar-refractivity contribution in [2.75, 3.05) is 51.0 Å². The third-order valence-electron chi connectivity index (χ3n) is 5.53. The Morgan fingerprint density at radius 3 is 2.23 bits per heavy atom. The molecule has 0 unspecified atom stereocenters. The Balaban J connectivity index is 0.000000708. The summed E-state index contributed by atoms with van der Waals surface area (Å²) in [6, 6.07) is 12.5. The Morgan fingerprint density at radius 1 is 1.02 bits per heavy atom. The average Bonchev–Trinajstić information content (AvgIpc) is 3.41. The van der Waals surface area contributed by atoms with Crippen molar-refractivity contribution in [3.05, 3.63) is 48.0 Å². The van der Waals surface area contributed by atoms with Crippen LogP contribution >= 0.6 is 0 Å². The molecule has 0 atom stereocenters. The van der Waals surface area contributed by atoms with Gasteiger partial charge in [0.25, 0.3) is 11.8 Å². The molecule has 3 N–H and O–H groups in total.